The van der Waals surface area contributed by atoms with Crippen LogP contribution in [0.2, 0.25) is 0 Å². The molecule has 0 unspecified atom stereocenters. The quantitative estimate of drug-likeness (QED) is 0.860. The monoisotopic (exact) mass is 342 g/mol. The molecule has 1 aromatic carbocycles. The first-order chi connectivity index (χ1) is 12.0. The van der Waals surface area contributed by atoms with Gasteiger partial charge < -0.3 is 15.5 Å². The predicted octanol–water partition coefficient (Wildman–Crippen LogP) is 2.19. The summed E-state index contributed by atoms with van der Waals surface area (Å²) in [6, 6.07) is 8.76. The van der Waals surface area contributed by atoms with Crippen molar-refractivity contribution in [2.24, 2.45) is 0 Å². The molecule has 1 aromatic rings. The number of rotatable bonds is 5. The van der Waals surface area contributed by atoms with E-state index in [9.17, 15) is 9.59 Å². The summed E-state index contributed by atoms with van der Waals surface area (Å²) in [5.41, 5.74) is 1.60. The molecule has 3 amide bonds. The molecule has 2 N–H and O–H groups in total. The van der Waals surface area contributed by atoms with Gasteiger partial charge in [-0.1, -0.05) is 12.1 Å². The third-order valence-corrected chi connectivity index (χ3v) is 4.56. The van der Waals surface area contributed by atoms with Crippen molar-refractivity contribution in [3.05, 3.63) is 35.4 Å². The molecule has 0 spiro atoms. The summed E-state index contributed by atoms with van der Waals surface area (Å²) in [4.78, 5) is 26.3. The van der Waals surface area contributed by atoms with Crippen LogP contribution in [0.5, 0.6) is 0 Å². The van der Waals surface area contributed by atoms with Gasteiger partial charge in [-0.3, -0.25) is 4.79 Å². The lowest BCUT2D eigenvalue weighted by atomic mass is 10.0. The van der Waals surface area contributed by atoms with E-state index in [2.05, 4.69) is 23.6 Å². The highest BCUT2D eigenvalue weighted by Crippen LogP contribution is 2.17. The van der Waals surface area contributed by atoms with Gasteiger partial charge in [-0.05, 0) is 57.2 Å². The number of piperidine rings is 1. The van der Waals surface area contributed by atoms with Crippen LogP contribution < -0.4 is 10.6 Å². The molecule has 0 saturated carbocycles. The summed E-state index contributed by atoms with van der Waals surface area (Å²) in [5.74, 6) is -0.0240. The lowest BCUT2D eigenvalue weighted by molar-refractivity contribution is -0.136. The number of likely N-dealkylation sites (tertiary alicyclic amines) is 1. The molecule has 0 bridgehead atoms. The van der Waals surface area contributed by atoms with E-state index in [1.54, 1.807) is 13.0 Å². The molecular weight excluding hydrogens is 316 g/mol. The summed E-state index contributed by atoms with van der Waals surface area (Å²) in [5, 5.41) is 14.4. The number of nitriles is 1. The van der Waals surface area contributed by atoms with Gasteiger partial charge in [-0.25, -0.2) is 4.79 Å². The largest absolute Gasteiger partial charge is 0.338 e. The van der Waals surface area contributed by atoms with Crippen molar-refractivity contribution in [1.82, 2.24) is 15.5 Å². The Morgan fingerprint density at radius 1 is 1.40 bits per heavy atom. The maximum Gasteiger partial charge on any atom is 0.315 e. The minimum Gasteiger partial charge on any atom is -0.338 e. The van der Waals surface area contributed by atoms with Crippen molar-refractivity contribution in [3.8, 4) is 6.07 Å². The number of hydrogen-bond donors (Lipinski definition) is 2. The minimum absolute atomic E-state index is 0.0240. The number of carbonyl (C=O) groups is 2. The van der Waals surface area contributed by atoms with E-state index in [0.29, 0.717) is 18.5 Å². The number of amides is 3. The van der Waals surface area contributed by atoms with Crippen LogP contribution >= 0.6 is 0 Å². The zero-order valence-electron chi connectivity index (χ0n) is 14.9. The Hall–Kier alpha value is -2.55. The fourth-order valence-corrected chi connectivity index (χ4v) is 3.10. The van der Waals surface area contributed by atoms with E-state index in [1.165, 1.54) is 0 Å². The Morgan fingerprint density at radius 2 is 2.20 bits per heavy atom. The molecule has 1 saturated heterocycles. The Kier molecular flexibility index (Phi) is 6.81. The third-order valence-electron chi connectivity index (χ3n) is 4.56. The Labute approximate surface area is 149 Å². The van der Waals surface area contributed by atoms with E-state index in [0.717, 1.165) is 31.4 Å². The SMILES string of the molecule is C[C@H](NC(=O)NCCc1cccc(C#N)c1)C(=O)N1CCCC[C@H]1C. The maximum atomic E-state index is 12.5. The molecule has 1 fully saturated rings. The lowest BCUT2D eigenvalue weighted by Gasteiger charge is -2.35. The standard InChI is InChI=1S/C19H26N4O2/c1-14-6-3-4-11-23(14)18(24)15(2)22-19(25)21-10-9-16-7-5-8-17(12-16)13-20/h5,7-8,12,14-15H,3-4,6,9-11H2,1-2H3,(H2,21,22,25)/t14-,15+/m1/s1. The molecule has 2 atom stereocenters. The minimum atomic E-state index is -0.539. The van der Waals surface area contributed by atoms with Gasteiger partial charge in [-0.15, -0.1) is 0 Å². The van der Waals surface area contributed by atoms with Gasteiger partial charge in [0.25, 0.3) is 0 Å². The van der Waals surface area contributed by atoms with Crippen molar-refractivity contribution in [1.29, 1.82) is 5.26 Å². The number of carbonyl (C=O) groups excluding carboxylic acids is 2. The van der Waals surface area contributed by atoms with Crippen molar-refractivity contribution >= 4 is 11.9 Å². The van der Waals surface area contributed by atoms with Crippen molar-refractivity contribution < 1.29 is 9.59 Å². The van der Waals surface area contributed by atoms with E-state index >= 15 is 0 Å². The second-order valence-corrected chi connectivity index (χ2v) is 6.56. The first kappa shape index (κ1) is 18.8. The van der Waals surface area contributed by atoms with Crippen molar-refractivity contribution in [3.63, 3.8) is 0 Å². The molecule has 1 aliphatic rings. The van der Waals surface area contributed by atoms with Gasteiger partial charge in [0.1, 0.15) is 6.04 Å². The topological polar surface area (TPSA) is 85.2 Å². The number of nitrogens with zero attached hydrogens (tertiary/aromatic N) is 2. The van der Waals surface area contributed by atoms with Gasteiger partial charge in [0.05, 0.1) is 11.6 Å². The molecule has 1 heterocycles. The van der Waals surface area contributed by atoms with Crippen LogP contribution in [0.3, 0.4) is 0 Å². The fraction of sp³-hybridized carbons (Fsp3) is 0.526. The zero-order valence-corrected chi connectivity index (χ0v) is 14.9. The second kappa shape index (κ2) is 9.07. The first-order valence-corrected chi connectivity index (χ1v) is 8.85. The van der Waals surface area contributed by atoms with Crippen LogP contribution in [0.25, 0.3) is 0 Å². The number of urea groups is 1. The molecule has 2 rings (SSSR count). The van der Waals surface area contributed by atoms with Gasteiger partial charge in [0, 0.05) is 19.1 Å². The Morgan fingerprint density at radius 3 is 2.92 bits per heavy atom. The van der Waals surface area contributed by atoms with Crippen LogP contribution in [0.4, 0.5) is 4.79 Å². The third kappa shape index (κ3) is 5.49. The van der Waals surface area contributed by atoms with E-state index in [1.807, 2.05) is 23.1 Å². The highest BCUT2D eigenvalue weighted by Gasteiger charge is 2.27. The molecular formula is C19H26N4O2. The average molecular weight is 342 g/mol. The molecule has 0 aliphatic carbocycles. The molecule has 134 valence electrons. The maximum absolute atomic E-state index is 12.5. The zero-order chi connectivity index (χ0) is 18.2. The molecule has 1 aliphatic heterocycles. The molecule has 25 heavy (non-hydrogen) atoms. The molecule has 0 aromatic heterocycles. The summed E-state index contributed by atoms with van der Waals surface area (Å²) >= 11 is 0. The van der Waals surface area contributed by atoms with Gasteiger partial charge in [0.2, 0.25) is 5.91 Å². The van der Waals surface area contributed by atoms with Crippen LogP contribution in [0.15, 0.2) is 24.3 Å². The van der Waals surface area contributed by atoms with Gasteiger partial charge in [0.15, 0.2) is 0 Å². The molecule has 6 nitrogen and oxygen atoms in total. The van der Waals surface area contributed by atoms with Crippen molar-refractivity contribution in [2.45, 2.75) is 51.6 Å². The van der Waals surface area contributed by atoms with Crippen LogP contribution in [-0.4, -0.2) is 42.0 Å². The van der Waals surface area contributed by atoms with Crippen LogP contribution in [-0.2, 0) is 11.2 Å². The average Bonchev–Trinajstić information content (AvgIpc) is 2.61. The molecule has 0 radical (unpaired) electrons. The van der Waals surface area contributed by atoms with Gasteiger partial charge in [-0.2, -0.15) is 5.26 Å². The van der Waals surface area contributed by atoms with Crippen molar-refractivity contribution in [2.75, 3.05) is 13.1 Å². The number of hydrogen-bond acceptors (Lipinski definition) is 3. The van der Waals surface area contributed by atoms with E-state index in [-0.39, 0.29) is 18.0 Å². The molecule has 6 heteroatoms. The normalized spacial score (nSPS) is 18.1. The number of nitrogens with one attached hydrogen (secondary N) is 2. The Balaban J connectivity index is 1.75. The fourth-order valence-electron chi connectivity index (χ4n) is 3.10. The summed E-state index contributed by atoms with van der Waals surface area (Å²) in [7, 11) is 0. The first-order valence-electron chi connectivity index (χ1n) is 8.85. The second-order valence-electron chi connectivity index (χ2n) is 6.56. The van der Waals surface area contributed by atoms with Gasteiger partial charge >= 0.3 is 6.03 Å². The predicted molar refractivity (Wildman–Crippen MR) is 95.9 cm³/mol. The Bertz CT molecular complexity index is 653. The van der Waals surface area contributed by atoms with E-state index < -0.39 is 6.04 Å². The number of benzene rings is 1. The van der Waals surface area contributed by atoms with Crippen LogP contribution in [0.1, 0.15) is 44.2 Å². The summed E-state index contributed by atoms with van der Waals surface area (Å²) < 4.78 is 0. The highest BCUT2D eigenvalue weighted by molar-refractivity contribution is 5.87. The lowest BCUT2D eigenvalue weighted by Crippen LogP contribution is -2.53. The smallest absolute Gasteiger partial charge is 0.315 e. The highest BCUT2D eigenvalue weighted by atomic mass is 16.2. The summed E-state index contributed by atoms with van der Waals surface area (Å²) in [6.45, 7) is 4.99. The summed E-state index contributed by atoms with van der Waals surface area (Å²) in [6.07, 6.45) is 3.83. The van der Waals surface area contributed by atoms with E-state index in [4.69, 9.17) is 5.26 Å². The van der Waals surface area contributed by atoms with Crippen LogP contribution in [0, 0.1) is 11.3 Å².